The quantitative estimate of drug-likeness (QED) is 0.527. The Morgan fingerprint density at radius 3 is 3.10 bits per heavy atom. The molecular formula is C9H9N. The van der Waals surface area contributed by atoms with E-state index in [1.807, 2.05) is 19.2 Å². The fourth-order valence-electron chi connectivity index (χ4n) is 0.811. The van der Waals surface area contributed by atoms with Gasteiger partial charge < -0.3 is 0 Å². The van der Waals surface area contributed by atoms with E-state index < -0.39 is 0 Å². The Hall–Kier alpha value is -1.29. The first kappa shape index (κ1) is 6.82. The molecule has 0 bridgehead atoms. The van der Waals surface area contributed by atoms with Crippen LogP contribution in [0.1, 0.15) is 11.1 Å². The summed E-state index contributed by atoms with van der Waals surface area (Å²) in [5.74, 6) is 2.60. The third-order valence-corrected chi connectivity index (χ3v) is 1.43. The molecule has 10 heavy (non-hydrogen) atoms. The molecule has 0 radical (unpaired) electrons. The molecule has 0 atom stereocenters. The molecule has 1 heteroatoms. The molecule has 0 unspecified atom stereocenters. The molecule has 0 aliphatic heterocycles. The average Bonchev–Trinajstić information content (AvgIpc) is 1.94. The van der Waals surface area contributed by atoms with Crippen LogP contribution in [-0.4, -0.2) is 4.98 Å². The van der Waals surface area contributed by atoms with Crippen LogP contribution < -0.4 is 0 Å². The molecular weight excluding hydrogens is 122 g/mol. The van der Waals surface area contributed by atoms with Crippen LogP contribution in [0, 0.1) is 19.3 Å². The standard InChI is InChI=1S/C9H9N/c1-3-4-9-5-6-10-7-8(9)2/h1,5-7H,4H2,2H3. The summed E-state index contributed by atoms with van der Waals surface area (Å²) in [6.07, 6.45) is 9.45. The van der Waals surface area contributed by atoms with Gasteiger partial charge in [0.25, 0.3) is 0 Å². The van der Waals surface area contributed by atoms with E-state index >= 15 is 0 Å². The number of pyridine rings is 1. The van der Waals surface area contributed by atoms with Crippen LogP contribution in [0.2, 0.25) is 0 Å². The summed E-state index contributed by atoms with van der Waals surface area (Å²) < 4.78 is 0. The topological polar surface area (TPSA) is 12.9 Å². The minimum atomic E-state index is 0.703. The zero-order valence-corrected chi connectivity index (χ0v) is 5.96. The van der Waals surface area contributed by atoms with E-state index in [1.54, 1.807) is 6.20 Å². The highest BCUT2D eigenvalue weighted by Gasteiger charge is 1.92. The van der Waals surface area contributed by atoms with Crippen LogP contribution in [0.15, 0.2) is 18.5 Å². The third-order valence-electron chi connectivity index (χ3n) is 1.43. The number of hydrogen-bond acceptors (Lipinski definition) is 1. The van der Waals surface area contributed by atoms with Crippen LogP contribution in [-0.2, 0) is 6.42 Å². The van der Waals surface area contributed by atoms with Crippen LogP contribution in [0.25, 0.3) is 0 Å². The van der Waals surface area contributed by atoms with E-state index in [1.165, 1.54) is 11.1 Å². The number of hydrogen-bond donors (Lipinski definition) is 0. The summed E-state index contributed by atoms with van der Waals surface area (Å²) >= 11 is 0. The molecule has 1 aromatic rings. The molecule has 50 valence electrons. The van der Waals surface area contributed by atoms with Crippen molar-refractivity contribution in [3.8, 4) is 12.3 Å². The van der Waals surface area contributed by atoms with Gasteiger partial charge in [0, 0.05) is 18.8 Å². The van der Waals surface area contributed by atoms with E-state index in [0.717, 1.165) is 0 Å². The van der Waals surface area contributed by atoms with E-state index in [-0.39, 0.29) is 0 Å². The Kier molecular flexibility index (Phi) is 2.07. The van der Waals surface area contributed by atoms with Gasteiger partial charge in [-0.2, -0.15) is 0 Å². The van der Waals surface area contributed by atoms with Gasteiger partial charge >= 0.3 is 0 Å². The molecule has 0 spiro atoms. The van der Waals surface area contributed by atoms with Crippen molar-refractivity contribution in [2.75, 3.05) is 0 Å². The Balaban J connectivity index is 2.94. The van der Waals surface area contributed by atoms with Crippen molar-refractivity contribution in [1.82, 2.24) is 4.98 Å². The number of terminal acetylenes is 1. The summed E-state index contributed by atoms with van der Waals surface area (Å²) in [4.78, 5) is 3.96. The van der Waals surface area contributed by atoms with Gasteiger partial charge in [0.05, 0.1) is 0 Å². The van der Waals surface area contributed by atoms with Crippen LogP contribution in [0.4, 0.5) is 0 Å². The lowest BCUT2D eigenvalue weighted by Crippen LogP contribution is -1.86. The first-order chi connectivity index (χ1) is 4.84. The zero-order valence-electron chi connectivity index (χ0n) is 5.96. The van der Waals surface area contributed by atoms with Gasteiger partial charge in [-0.1, -0.05) is 0 Å². The van der Waals surface area contributed by atoms with Crippen molar-refractivity contribution in [1.29, 1.82) is 0 Å². The van der Waals surface area contributed by atoms with Crippen molar-refractivity contribution >= 4 is 0 Å². The molecule has 0 saturated carbocycles. The lowest BCUT2D eigenvalue weighted by molar-refractivity contribution is 1.17. The molecule has 0 aromatic carbocycles. The van der Waals surface area contributed by atoms with E-state index in [4.69, 9.17) is 6.42 Å². The first-order valence-electron chi connectivity index (χ1n) is 3.17. The highest BCUT2D eigenvalue weighted by molar-refractivity contribution is 5.25. The van der Waals surface area contributed by atoms with Crippen molar-refractivity contribution in [3.05, 3.63) is 29.6 Å². The molecule has 1 nitrogen and oxygen atoms in total. The molecule has 0 aliphatic rings. The van der Waals surface area contributed by atoms with Gasteiger partial charge in [-0.15, -0.1) is 12.3 Å². The maximum absolute atomic E-state index is 5.16. The van der Waals surface area contributed by atoms with E-state index in [9.17, 15) is 0 Å². The predicted molar refractivity (Wildman–Crippen MR) is 41.5 cm³/mol. The molecule has 1 heterocycles. The number of nitrogens with zero attached hydrogens (tertiary/aromatic N) is 1. The monoisotopic (exact) mass is 131 g/mol. The summed E-state index contributed by atoms with van der Waals surface area (Å²) in [6.45, 7) is 2.01. The fraction of sp³-hybridized carbons (Fsp3) is 0.222. The second kappa shape index (κ2) is 3.03. The summed E-state index contributed by atoms with van der Waals surface area (Å²) in [5.41, 5.74) is 2.36. The molecule has 0 amide bonds. The number of aromatic nitrogens is 1. The molecule has 0 aliphatic carbocycles. The van der Waals surface area contributed by atoms with Gasteiger partial charge in [0.2, 0.25) is 0 Å². The van der Waals surface area contributed by atoms with Crippen LogP contribution in [0.5, 0.6) is 0 Å². The maximum atomic E-state index is 5.16. The molecule has 1 aromatic heterocycles. The minimum absolute atomic E-state index is 0.703. The van der Waals surface area contributed by atoms with Gasteiger partial charge in [-0.3, -0.25) is 4.98 Å². The maximum Gasteiger partial charge on any atom is 0.0341 e. The summed E-state index contributed by atoms with van der Waals surface area (Å²) in [7, 11) is 0. The van der Waals surface area contributed by atoms with Gasteiger partial charge in [-0.05, 0) is 24.1 Å². The summed E-state index contributed by atoms with van der Waals surface area (Å²) in [5, 5.41) is 0. The Bertz CT molecular complexity index is 258. The zero-order chi connectivity index (χ0) is 7.40. The molecule has 0 fully saturated rings. The lowest BCUT2D eigenvalue weighted by atomic mass is 10.1. The molecule has 0 saturated heterocycles. The highest BCUT2D eigenvalue weighted by atomic mass is 14.6. The molecule has 0 N–H and O–H groups in total. The normalized spacial score (nSPS) is 8.80. The number of aryl methyl sites for hydroxylation is 1. The Morgan fingerprint density at radius 1 is 1.70 bits per heavy atom. The van der Waals surface area contributed by atoms with Gasteiger partial charge in [-0.25, -0.2) is 0 Å². The largest absolute Gasteiger partial charge is 0.264 e. The Labute approximate surface area is 61.1 Å². The predicted octanol–water partition coefficient (Wildman–Crippen LogP) is 1.57. The van der Waals surface area contributed by atoms with Crippen molar-refractivity contribution in [2.24, 2.45) is 0 Å². The van der Waals surface area contributed by atoms with Crippen molar-refractivity contribution in [3.63, 3.8) is 0 Å². The first-order valence-corrected chi connectivity index (χ1v) is 3.17. The second-order valence-corrected chi connectivity index (χ2v) is 2.18. The third kappa shape index (κ3) is 1.35. The smallest absolute Gasteiger partial charge is 0.0341 e. The van der Waals surface area contributed by atoms with Crippen LogP contribution >= 0.6 is 0 Å². The minimum Gasteiger partial charge on any atom is -0.264 e. The van der Waals surface area contributed by atoms with Crippen molar-refractivity contribution in [2.45, 2.75) is 13.3 Å². The van der Waals surface area contributed by atoms with Crippen LogP contribution in [0.3, 0.4) is 0 Å². The number of rotatable bonds is 1. The van der Waals surface area contributed by atoms with E-state index in [2.05, 4.69) is 10.9 Å². The fourth-order valence-corrected chi connectivity index (χ4v) is 0.811. The van der Waals surface area contributed by atoms with Gasteiger partial charge in [0.15, 0.2) is 0 Å². The average molecular weight is 131 g/mol. The summed E-state index contributed by atoms with van der Waals surface area (Å²) in [6, 6.07) is 1.95. The second-order valence-electron chi connectivity index (χ2n) is 2.18. The van der Waals surface area contributed by atoms with E-state index in [0.29, 0.717) is 6.42 Å². The van der Waals surface area contributed by atoms with Crippen molar-refractivity contribution < 1.29 is 0 Å². The van der Waals surface area contributed by atoms with Gasteiger partial charge in [0.1, 0.15) is 0 Å². The SMILES string of the molecule is C#CCc1ccncc1C. The lowest BCUT2D eigenvalue weighted by Gasteiger charge is -1.97. The Morgan fingerprint density at radius 2 is 2.50 bits per heavy atom. The molecule has 1 rings (SSSR count). The highest BCUT2D eigenvalue weighted by Crippen LogP contribution is 2.04.